The monoisotopic (exact) mass is 322 g/mol. The molecule has 0 spiro atoms. The first kappa shape index (κ1) is 15.9. The van der Waals surface area contributed by atoms with Crippen molar-refractivity contribution in [3.8, 4) is 5.69 Å². The van der Waals surface area contributed by atoms with Gasteiger partial charge in [-0.2, -0.15) is 0 Å². The zero-order valence-electron chi connectivity index (χ0n) is 13.5. The number of benzene rings is 2. The second-order valence-electron chi connectivity index (χ2n) is 5.65. The van der Waals surface area contributed by atoms with E-state index >= 15 is 0 Å². The minimum Gasteiger partial charge on any atom is -0.392 e. The van der Waals surface area contributed by atoms with Gasteiger partial charge in [-0.3, -0.25) is 4.79 Å². The van der Waals surface area contributed by atoms with Crippen LogP contribution in [0.1, 0.15) is 27.2 Å². The van der Waals surface area contributed by atoms with Crippen LogP contribution in [0, 0.1) is 13.8 Å². The van der Waals surface area contributed by atoms with Crippen LogP contribution < -0.4 is 5.32 Å². The molecule has 24 heavy (non-hydrogen) atoms. The molecule has 0 radical (unpaired) electrons. The van der Waals surface area contributed by atoms with Crippen molar-refractivity contribution >= 4 is 11.6 Å². The van der Waals surface area contributed by atoms with Gasteiger partial charge in [0, 0.05) is 5.69 Å². The maximum absolute atomic E-state index is 12.4. The molecule has 3 rings (SSSR count). The smallest absolute Gasteiger partial charge is 0.277 e. The molecule has 1 aromatic heterocycles. The Bertz CT molecular complexity index is 886. The number of rotatable bonds is 4. The molecule has 0 aliphatic carbocycles. The summed E-state index contributed by atoms with van der Waals surface area (Å²) in [6.45, 7) is 3.80. The first-order valence-corrected chi connectivity index (χ1v) is 7.58. The summed E-state index contributed by atoms with van der Waals surface area (Å²) in [5.74, 6) is -0.341. The predicted molar refractivity (Wildman–Crippen MR) is 91.2 cm³/mol. The van der Waals surface area contributed by atoms with Crippen molar-refractivity contribution in [3.05, 3.63) is 71.0 Å². The lowest BCUT2D eigenvalue weighted by Crippen LogP contribution is -2.13. The van der Waals surface area contributed by atoms with Crippen molar-refractivity contribution in [1.82, 2.24) is 15.0 Å². The highest BCUT2D eigenvalue weighted by molar-refractivity contribution is 6.03. The van der Waals surface area contributed by atoms with Crippen molar-refractivity contribution in [2.45, 2.75) is 20.5 Å². The largest absolute Gasteiger partial charge is 0.392 e. The van der Waals surface area contributed by atoms with Gasteiger partial charge in [0.25, 0.3) is 5.91 Å². The van der Waals surface area contributed by atoms with Crippen molar-refractivity contribution < 1.29 is 9.90 Å². The third-order valence-electron chi connectivity index (χ3n) is 3.72. The van der Waals surface area contributed by atoms with Crippen LogP contribution in [0.3, 0.4) is 0 Å². The SMILES string of the molecule is Cc1cccc(-n2cc(C(=O)Nc3cc(CO)ccc3C)nn2)c1. The number of hydrogen-bond acceptors (Lipinski definition) is 4. The average molecular weight is 322 g/mol. The normalized spacial score (nSPS) is 10.6. The molecule has 0 saturated carbocycles. The summed E-state index contributed by atoms with van der Waals surface area (Å²) < 4.78 is 1.57. The van der Waals surface area contributed by atoms with Crippen molar-refractivity contribution in [2.75, 3.05) is 5.32 Å². The number of aryl methyl sites for hydroxylation is 2. The molecular weight excluding hydrogens is 304 g/mol. The molecule has 0 fully saturated rings. The summed E-state index contributed by atoms with van der Waals surface area (Å²) in [6, 6.07) is 13.2. The molecule has 1 amide bonds. The molecule has 0 saturated heterocycles. The van der Waals surface area contributed by atoms with E-state index in [0.29, 0.717) is 5.69 Å². The van der Waals surface area contributed by atoms with Crippen LogP contribution in [0.5, 0.6) is 0 Å². The van der Waals surface area contributed by atoms with Crippen LogP contribution in [0.15, 0.2) is 48.7 Å². The summed E-state index contributed by atoms with van der Waals surface area (Å²) in [4.78, 5) is 12.4. The Kier molecular flexibility index (Phi) is 4.39. The molecule has 2 aromatic carbocycles. The van der Waals surface area contributed by atoms with E-state index in [2.05, 4.69) is 15.6 Å². The second kappa shape index (κ2) is 6.64. The number of hydrogen-bond donors (Lipinski definition) is 2. The Morgan fingerprint density at radius 3 is 2.79 bits per heavy atom. The number of aliphatic hydroxyl groups excluding tert-OH is 1. The maximum Gasteiger partial charge on any atom is 0.277 e. The lowest BCUT2D eigenvalue weighted by molar-refractivity contribution is 0.102. The van der Waals surface area contributed by atoms with Gasteiger partial charge in [-0.25, -0.2) is 4.68 Å². The van der Waals surface area contributed by atoms with E-state index < -0.39 is 0 Å². The van der Waals surface area contributed by atoms with Gasteiger partial charge in [0.2, 0.25) is 0 Å². The van der Waals surface area contributed by atoms with Gasteiger partial charge < -0.3 is 10.4 Å². The quantitative estimate of drug-likeness (QED) is 0.774. The van der Waals surface area contributed by atoms with E-state index in [4.69, 9.17) is 0 Å². The highest BCUT2D eigenvalue weighted by Gasteiger charge is 2.13. The molecule has 0 aliphatic heterocycles. The van der Waals surface area contributed by atoms with Gasteiger partial charge in [0.15, 0.2) is 5.69 Å². The van der Waals surface area contributed by atoms with Gasteiger partial charge in [-0.05, 0) is 48.7 Å². The Labute approximate surface area is 139 Å². The number of aromatic nitrogens is 3. The molecule has 0 aliphatic rings. The summed E-state index contributed by atoms with van der Waals surface area (Å²) in [5.41, 5.74) is 4.47. The fourth-order valence-corrected chi connectivity index (χ4v) is 2.35. The zero-order chi connectivity index (χ0) is 17.1. The van der Waals surface area contributed by atoms with E-state index in [1.807, 2.05) is 50.2 Å². The summed E-state index contributed by atoms with van der Waals surface area (Å²) in [6.07, 6.45) is 1.59. The van der Waals surface area contributed by atoms with Crippen molar-refractivity contribution in [1.29, 1.82) is 0 Å². The van der Waals surface area contributed by atoms with E-state index in [9.17, 15) is 9.90 Å². The van der Waals surface area contributed by atoms with E-state index in [1.165, 1.54) is 0 Å². The Balaban J connectivity index is 1.82. The van der Waals surface area contributed by atoms with Crippen LogP contribution in [-0.4, -0.2) is 26.0 Å². The topological polar surface area (TPSA) is 80.0 Å². The fraction of sp³-hybridized carbons (Fsp3) is 0.167. The fourth-order valence-electron chi connectivity index (χ4n) is 2.35. The molecule has 122 valence electrons. The molecule has 3 aromatic rings. The number of aliphatic hydroxyl groups is 1. The first-order chi connectivity index (χ1) is 11.6. The van der Waals surface area contributed by atoms with E-state index in [-0.39, 0.29) is 18.2 Å². The predicted octanol–water partition coefficient (Wildman–Crippen LogP) is 2.63. The minimum absolute atomic E-state index is 0.0767. The van der Waals surface area contributed by atoms with Crippen molar-refractivity contribution in [3.63, 3.8) is 0 Å². The molecule has 0 unspecified atom stereocenters. The number of nitrogens with one attached hydrogen (secondary N) is 1. The first-order valence-electron chi connectivity index (χ1n) is 7.58. The summed E-state index contributed by atoms with van der Waals surface area (Å²) in [5, 5.41) is 20.0. The number of amides is 1. The van der Waals surface area contributed by atoms with Gasteiger partial charge in [0.1, 0.15) is 0 Å². The third-order valence-corrected chi connectivity index (χ3v) is 3.72. The Morgan fingerprint density at radius 2 is 2.04 bits per heavy atom. The molecule has 1 heterocycles. The van der Waals surface area contributed by atoms with Gasteiger partial charge in [0.05, 0.1) is 18.5 Å². The van der Waals surface area contributed by atoms with Crippen LogP contribution >= 0.6 is 0 Å². The van der Waals surface area contributed by atoms with E-state index in [1.54, 1.807) is 16.9 Å². The standard InChI is InChI=1S/C18H18N4O2/c1-12-4-3-5-15(8-12)22-10-17(20-21-22)18(24)19-16-9-14(11-23)7-6-13(16)2/h3-10,23H,11H2,1-2H3,(H,19,24). The van der Waals surface area contributed by atoms with Gasteiger partial charge in [-0.1, -0.05) is 29.5 Å². The van der Waals surface area contributed by atoms with Crippen LogP contribution in [0.2, 0.25) is 0 Å². The van der Waals surface area contributed by atoms with Gasteiger partial charge >= 0.3 is 0 Å². The Morgan fingerprint density at radius 1 is 1.21 bits per heavy atom. The number of carbonyl (C=O) groups excluding carboxylic acids is 1. The van der Waals surface area contributed by atoms with Crippen LogP contribution in [0.25, 0.3) is 5.69 Å². The summed E-state index contributed by atoms with van der Waals surface area (Å²) in [7, 11) is 0. The minimum atomic E-state index is -0.341. The van der Waals surface area contributed by atoms with Gasteiger partial charge in [-0.15, -0.1) is 5.10 Å². The third kappa shape index (κ3) is 3.33. The summed E-state index contributed by atoms with van der Waals surface area (Å²) >= 11 is 0. The lowest BCUT2D eigenvalue weighted by atomic mass is 10.1. The van der Waals surface area contributed by atoms with E-state index in [0.717, 1.165) is 22.4 Å². The molecule has 0 bridgehead atoms. The molecular formula is C18H18N4O2. The lowest BCUT2D eigenvalue weighted by Gasteiger charge is -2.08. The maximum atomic E-state index is 12.4. The van der Waals surface area contributed by atoms with Crippen LogP contribution in [0.4, 0.5) is 5.69 Å². The highest BCUT2D eigenvalue weighted by atomic mass is 16.3. The number of nitrogens with zero attached hydrogens (tertiary/aromatic N) is 3. The van der Waals surface area contributed by atoms with Crippen LogP contribution in [-0.2, 0) is 6.61 Å². The molecule has 2 N–H and O–H groups in total. The number of anilines is 1. The molecule has 6 heteroatoms. The number of carbonyl (C=O) groups is 1. The molecule has 6 nitrogen and oxygen atoms in total. The molecule has 0 atom stereocenters. The zero-order valence-corrected chi connectivity index (χ0v) is 13.5. The highest BCUT2D eigenvalue weighted by Crippen LogP contribution is 2.18. The Hall–Kier alpha value is -2.99. The second-order valence-corrected chi connectivity index (χ2v) is 5.65. The van der Waals surface area contributed by atoms with Crippen molar-refractivity contribution in [2.24, 2.45) is 0 Å². The average Bonchev–Trinajstić information content (AvgIpc) is 3.07.